The first-order valence-electron chi connectivity index (χ1n) is 3.97. The second-order valence-electron chi connectivity index (χ2n) is 2.63. The summed E-state index contributed by atoms with van der Waals surface area (Å²) in [7, 11) is 0. The van der Waals surface area contributed by atoms with Crippen LogP contribution >= 0.6 is 0 Å². The van der Waals surface area contributed by atoms with E-state index in [0.717, 1.165) is 12.1 Å². The zero-order valence-corrected chi connectivity index (χ0v) is 7.71. The van der Waals surface area contributed by atoms with Crippen LogP contribution in [0.3, 0.4) is 0 Å². The summed E-state index contributed by atoms with van der Waals surface area (Å²) < 4.78 is 38.9. The molecule has 0 spiro atoms. The minimum absolute atomic E-state index is 0.289. The van der Waals surface area contributed by atoms with Crippen LogP contribution < -0.4 is 15.6 Å². The molecule has 0 fully saturated rings. The van der Waals surface area contributed by atoms with E-state index >= 15 is 0 Å². The number of rotatable bonds is 3. The molecule has 0 unspecified atom stereocenters. The molecular weight excluding hydrogens is 229 g/mol. The van der Waals surface area contributed by atoms with Gasteiger partial charge < -0.3 is 9.84 Å². The number of benzene rings is 1. The highest BCUT2D eigenvalue weighted by Gasteiger charge is 2.30. The summed E-state index contributed by atoms with van der Waals surface area (Å²) in [5.41, 5.74) is 4.37. The fourth-order valence-electron chi connectivity index (χ4n) is 0.866. The van der Waals surface area contributed by atoms with Gasteiger partial charge in [-0.3, -0.25) is 5.43 Å². The molecule has 0 aliphatic carbocycles. The molecule has 8 heteroatoms. The molecule has 1 amide bonds. The lowest BCUT2D eigenvalue weighted by Crippen LogP contribution is -2.27. The van der Waals surface area contributed by atoms with Crippen molar-refractivity contribution in [2.45, 2.75) is 6.36 Å². The minimum atomic E-state index is -4.74. The predicted octanol–water partition coefficient (Wildman–Crippen LogP) is 2.18. The summed E-state index contributed by atoms with van der Waals surface area (Å²) in [6.45, 7) is 0. The molecule has 5 nitrogen and oxygen atoms in total. The molecule has 0 heterocycles. The Hall–Kier alpha value is -2.12. The Kier molecular flexibility index (Phi) is 3.44. The van der Waals surface area contributed by atoms with E-state index in [2.05, 4.69) is 10.2 Å². The molecule has 1 aromatic carbocycles. The quantitative estimate of drug-likeness (QED) is 0.703. The van der Waals surface area contributed by atoms with E-state index in [9.17, 15) is 18.0 Å². The van der Waals surface area contributed by atoms with Crippen molar-refractivity contribution >= 4 is 11.8 Å². The summed E-state index contributed by atoms with van der Waals surface area (Å²) in [4.78, 5) is 10.1. The number of hydrazine groups is 1. The molecule has 0 bridgehead atoms. The smallest absolute Gasteiger partial charge is 0.464 e. The van der Waals surface area contributed by atoms with Crippen LogP contribution in [0.2, 0.25) is 0 Å². The Bertz CT molecular complexity index is 364. The van der Waals surface area contributed by atoms with Crippen LogP contribution in [0.25, 0.3) is 0 Å². The highest BCUT2D eigenvalue weighted by atomic mass is 19.4. The van der Waals surface area contributed by atoms with Gasteiger partial charge in [-0.05, 0) is 24.3 Å². The van der Waals surface area contributed by atoms with E-state index in [1.54, 1.807) is 0 Å². The largest absolute Gasteiger partial charge is 0.573 e. The number of hydrogen-bond donors (Lipinski definition) is 3. The molecule has 0 radical (unpaired) electrons. The first kappa shape index (κ1) is 12.0. The van der Waals surface area contributed by atoms with Crippen LogP contribution in [0.5, 0.6) is 5.75 Å². The van der Waals surface area contributed by atoms with Crippen LogP contribution in [0, 0.1) is 0 Å². The van der Waals surface area contributed by atoms with Gasteiger partial charge in [-0.2, -0.15) is 0 Å². The molecule has 0 atom stereocenters. The molecule has 1 aromatic rings. The third kappa shape index (κ3) is 4.40. The van der Waals surface area contributed by atoms with Crippen molar-refractivity contribution in [2.24, 2.45) is 0 Å². The third-order valence-electron chi connectivity index (χ3n) is 1.40. The maximum absolute atomic E-state index is 11.8. The Labute approximate surface area is 87.8 Å². The molecule has 16 heavy (non-hydrogen) atoms. The molecule has 0 aliphatic rings. The molecule has 0 aromatic heterocycles. The van der Waals surface area contributed by atoms with Crippen LogP contribution in [0.1, 0.15) is 0 Å². The number of carbonyl (C=O) groups is 1. The number of anilines is 1. The van der Waals surface area contributed by atoms with E-state index in [1.165, 1.54) is 12.1 Å². The molecule has 0 saturated heterocycles. The average Bonchev–Trinajstić information content (AvgIpc) is 2.14. The van der Waals surface area contributed by atoms with Crippen LogP contribution in [-0.2, 0) is 0 Å². The average molecular weight is 236 g/mol. The third-order valence-corrected chi connectivity index (χ3v) is 1.40. The Morgan fingerprint density at radius 1 is 1.25 bits per heavy atom. The van der Waals surface area contributed by atoms with Gasteiger partial charge in [0.25, 0.3) is 0 Å². The Morgan fingerprint density at radius 3 is 2.25 bits per heavy atom. The van der Waals surface area contributed by atoms with Crippen LogP contribution in [0.15, 0.2) is 24.3 Å². The zero-order valence-electron chi connectivity index (χ0n) is 7.71. The topological polar surface area (TPSA) is 70.6 Å². The standard InChI is InChI=1S/C8H7F3N2O3/c9-8(10,11)16-6-3-1-5(2-4-6)12-13-7(14)15/h1-4,12-13H,(H,14,15). The first-order chi connectivity index (χ1) is 7.37. The Balaban J connectivity index is 2.57. The highest BCUT2D eigenvalue weighted by molar-refractivity contribution is 5.66. The zero-order chi connectivity index (χ0) is 12.2. The number of alkyl halides is 3. The maximum atomic E-state index is 11.8. The molecule has 0 saturated carbocycles. The molecular formula is C8H7F3N2O3. The van der Waals surface area contributed by atoms with Crippen molar-refractivity contribution in [3.63, 3.8) is 0 Å². The highest BCUT2D eigenvalue weighted by Crippen LogP contribution is 2.23. The summed E-state index contributed by atoms with van der Waals surface area (Å²) in [6, 6.07) is 4.58. The number of carboxylic acid groups (broad SMARTS) is 1. The van der Waals surface area contributed by atoms with Gasteiger partial charge in [0.1, 0.15) is 5.75 Å². The Morgan fingerprint density at radius 2 is 1.81 bits per heavy atom. The maximum Gasteiger partial charge on any atom is 0.573 e. The lowest BCUT2D eigenvalue weighted by molar-refractivity contribution is -0.274. The SMILES string of the molecule is O=C(O)NNc1ccc(OC(F)(F)F)cc1. The fraction of sp³-hybridized carbons (Fsp3) is 0.125. The van der Waals surface area contributed by atoms with Crippen molar-refractivity contribution in [1.82, 2.24) is 5.43 Å². The lowest BCUT2D eigenvalue weighted by Gasteiger charge is -2.09. The van der Waals surface area contributed by atoms with Gasteiger partial charge in [0.2, 0.25) is 0 Å². The van der Waals surface area contributed by atoms with Crippen LogP contribution in [-0.4, -0.2) is 17.6 Å². The van der Waals surface area contributed by atoms with E-state index in [-0.39, 0.29) is 11.4 Å². The number of ether oxygens (including phenoxy) is 1. The van der Waals surface area contributed by atoms with Crippen molar-refractivity contribution < 1.29 is 27.8 Å². The van der Waals surface area contributed by atoms with E-state index in [4.69, 9.17) is 5.11 Å². The fourth-order valence-corrected chi connectivity index (χ4v) is 0.866. The number of amides is 1. The van der Waals surface area contributed by atoms with Gasteiger partial charge in [0.15, 0.2) is 0 Å². The van der Waals surface area contributed by atoms with Crippen molar-refractivity contribution in [1.29, 1.82) is 0 Å². The van der Waals surface area contributed by atoms with Crippen molar-refractivity contribution in [2.75, 3.05) is 5.43 Å². The summed E-state index contributed by atoms with van der Waals surface area (Å²) in [5.74, 6) is -0.381. The second kappa shape index (κ2) is 4.60. The van der Waals surface area contributed by atoms with Gasteiger partial charge in [-0.1, -0.05) is 0 Å². The second-order valence-corrected chi connectivity index (χ2v) is 2.63. The number of halogens is 3. The monoisotopic (exact) mass is 236 g/mol. The number of hydrogen-bond acceptors (Lipinski definition) is 3. The predicted molar refractivity (Wildman–Crippen MR) is 47.9 cm³/mol. The van der Waals surface area contributed by atoms with Gasteiger partial charge in [0.05, 0.1) is 5.69 Å². The molecule has 3 N–H and O–H groups in total. The van der Waals surface area contributed by atoms with Crippen LogP contribution in [0.4, 0.5) is 23.7 Å². The number of nitrogens with one attached hydrogen (secondary N) is 2. The van der Waals surface area contributed by atoms with Crippen molar-refractivity contribution in [3.05, 3.63) is 24.3 Å². The first-order valence-corrected chi connectivity index (χ1v) is 3.97. The van der Waals surface area contributed by atoms with Gasteiger partial charge in [-0.25, -0.2) is 10.2 Å². The minimum Gasteiger partial charge on any atom is -0.464 e. The summed E-state index contributed by atoms with van der Waals surface area (Å²) in [5, 5.41) is 8.24. The molecule has 1 rings (SSSR count). The summed E-state index contributed by atoms with van der Waals surface area (Å²) in [6.07, 6.45) is -6.05. The van der Waals surface area contributed by atoms with Gasteiger partial charge >= 0.3 is 12.5 Å². The van der Waals surface area contributed by atoms with E-state index < -0.39 is 12.5 Å². The molecule has 88 valence electrons. The van der Waals surface area contributed by atoms with Gasteiger partial charge in [-0.15, -0.1) is 13.2 Å². The lowest BCUT2D eigenvalue weighted by atomic mass is 10.3. The van der Waals surface area contributed by atoms with Crippen molar-refractivity contribution in [3.8, 4) is 5.75 Å². The summed E-state index contributed by atoms with van der Waals surface area (Å²) >= 11 is 0. The van der Waals surface area contributed by atoms with Gasteiger partial charge in [0, 0.05) is 0 Å². The van der Waals surface area contributed by atoms with E-state index in [1.807, 2.05) is 5.43 Å². The normalized spacial score (nSPS) is 10.7. The molecule has 0 aliphatic heterocycles. The van der Waals surface area contributed by atoms with E-state index in [0.29, 0.717) is 0 Å².